The molecule has 4 aromatic rings. The largest absolute Gasteiger partial charge is 0.494 e. The molecule has 1 N–H and O–H groups in total. The Morgan fingerprint density at radius 2 is 1.39 bits per heavy atom. The van der Waals surface area contributed by atoms with E-state index in [0.29, 0.717) is 18.0 Å². The predicted octanol–water partition coefficient (Wildman–Crippen LogP) is 5.28. The number of nitrogens with zero attached hydrogens (tertiary/aromatic N) is 2. The van der Waals surface area contributed by atoms with Gasteiger partial charge in [-0.05, 0) is 68.3 Å². The molecule has 44 heavy (non-hydrogen) atoms. The summed E-state index contributed by atoms with van der Waals surface area (Å²) in [6, 6.07) is 29.4. The summed E-state index contributed by atoms with van der Waals surface area (Å²) >= 11 is 0. The Kier molecular flexibility index (Phi) is 10.8. The number of amides is 2. The molecular formula is C35H39N3O5S. The van der Waals surface area contributed by atoms with E-state index in [-0.39, 0.29) is 23.8 Å². The Labute approximate surface area is 260 Å². The van der Waals surface area contributed by atoms with Gasteiger partial charge in [-0.25, -0.2) is 8.42 Å². The van der Waals surface area contributed by atoms with E-state index in [1.165, 1.54) is 24.1 Å². The van der Waals surface area contributed by atoms with E-state index in [1.807, 2.05) is 75.4 Å². The molecule has 0 aromatic heterocycles. The Morgan fingerprint density at radius 1 is 0.795 bits per heavy atom. The number of ether oxygens (including phenoxy) is 1. The summed E-state index contributed by atoms with van der Waals surface area (Å²) in [7, 11) is -2.65. The Balaban J connectivity index is 1.76. The van der Waals surface area contributed by atoms with Gasteiger partial charge in [-0.2, -0.15) is 0 Å². The van der Waals surface area contributed by atoms with Gasteiger partial charge in [0.1, 0.15) is 18.3 Å². The summed E-state index contributed by atoms with van der Waals surface area (Å²) in [5.41, 5.74) is 4.04. The number of hydrogen-bond donors (Lipinski definition) is 1. The molecule has 0 fully saturated rings. The standard InChI is InChI=1S/C35H39N3O5S/c1-5-43-31-19-21-32(22-20-31)44(41,42)38(30-17-13-27(3)14-18-30)25-34(39)37(24-29-15-11-26(2)12-16-29)33(35(40)36-4)23-28-9-7-6-8-10-28/h6-22,33H,5,23-25H2,1-4H3,(H,36,40)/t33-/m0/s1. The van der Waals surface area contributed by atoms with Crippen molar-refractivity contribution in [1.82, 2.24) is 10.2 Å². The van der Waals surface area contributed by atoms with E-state index in [2.05, 4.69) is 5.32 Å². The second-order valence-electron chi connectivity index (χ2n) is 10.6. The van der Waals surface area contributed by atoms with Gasteiger partial charge in [0.2, 0.25) is 11.8 Å². The third-order valence-electron chi connectivity index (χ3n) is 7.31. The molecule has 230 valence electrons. The van der Waals surface area contributed by atoms with Crippen LogP contribution in [0.2, 0.25) is 0 Å². The van der Waals surface area contributed by atoms with Crippen LogP contribution in [0.3, 0.4) is 0 Å². The molecule has 0 aliphatic carbocycles. The normalized spacial score (nSPS) is 11.8. The molecule has 0 heterocycles. The smallest absolute Gasteiger partial charge is 0.264 e. The van der Waals surface area contributed by atoms with E-state index >= 15 is 0 Å². The molecule has 8 nitrogen and oxygen atoms in total. The molecule has 1 atom stereocenters. The first-order valence-electron chi connectivity index (χ1n) is 14.5. The van der Waals surface area contributed by atoms with Crippen LogP contribution in [0.4, 0.5) is 5.69 Å². The van der Waals surface area contributed by atoms with Crippen molar-refractivity contribution in [3.8, 4) is 5.75 Å². The topological polar surface area (TPSA) is 96.0 Å². The lowest BCUT2D eigenvalue weighted by molar-refractivity contribution is -0.139. The van der Waals surface area contributed by atoms with Crippen LogP contribution >= 0.6 is 0 Å². The number of sulfonamides is 1. The van der Waals surface area contributed by atoms with Crippen LogP contribution in [0.25, 0.3) is 0 Å². The molecule has 0 spiro atoms. The first-order chi connectivity index (χ1) is 21.1. The molecular weight excluding hydrogens is 574 g/mol. The van der Waals surface area contributed by atoms with Crippen molar-refractivity contribution in [1.29, 1.82) is 0 Å². The van der Waals surface area contributed by atoms with E-state index in [9.17, 15) is 18.0 Å². The lowest BCUT2D eigenvalue weighted by Gasteiger charge is -2.33. The second kappa shape index (κ2) is 14.7. The highest BCUT2D eigenvalue weighted by Crippen LogP contribution is 2.27. The fourth-order valence-corrected chi connectivity index (χ4v) is 6.27. The Morgan fingerprint density at radius 3 is 1.95 bits per heavy atom. The lowest BCUT2D eigenvalue weighted by atomic mass is 10.0. The van der Waals surface area contributed by atoms with Gasteiger partial charge in [-0.3, -0.25) is 13.9 Å². The minimum atomic E-state index is -4.19. The molecule has 4 aromatic carbocycles. The van der Waals surface area contributed by atoms with Gasteiger partial charge in [0.05, 0.1) is 17.2 Å². The lowest BCUT2D eigenvalue weighted by Crippen LogP contribution is -2.53. The van der Waals surface area contributed by atoms with Gasteiger partial charge in [-0.1, -0.05) is 77.9 Å². The molecule has 0 unspecified atom stereocenters. The second-order valence-corrected chi connectivity index (χ2v) is 12.4. The number of aryl methyl sites for hydroxylation is 2. The van der Waals surface area contributed by atoms with E-state index in [4.69, 9.17) is 4.74 Å². The minimum Gasteiger partial charge on any atom is -0.494 e. The first-order valence-corrected chi connectivity index (χ1v) is 16.0. The number of rotatable bonds is 13. The van der Waals surface area contributed by atoms with Gasteiger partial charge in [-0.15, -0.1) is 0 Å². The highest BCUT2D eigenvalue weighted by Gasteiger charge is 2.34. The van der Waals surface area contributed by atoms with Crippen molar-refractivity contribution in [3.63, 3.8) is 0 Å². The molecule has 2 amide bonds. The molecule has 4 rings (SSSR count). The van der Waals surface area contributed by atoms with Gasteiger partial charge in [0.15, 0.2) is 0 Å². The van der Waals surface area contributed by atoms with Crippen LogP contribution < -0.4 is 14.4 Å². The van der Waals surface area contributed by atoms with Crippen LogP contribution in [0.5, 0.6) is 5.75 Å². The molecule has 0 saturated carbocycles. The molecule has 9 heteroatoms. The third-order valence-corrected chi connectivity index (χ3v) is 9.10. The van der Waals surface area contributed by atoms with Crippen molar-refractivity contribution in [3.05, 3.63) is 125 Å². The molecule has 0 aliphatic heterocycles. The van der Waals surface area contributed by atoms with Crippen LogP contribution in [0, 0.1) is 13.8 Å². The monoisotopic (exact) mass is 613 g/mol. The minimum absolute atomic E-state index is 0.0200. The van der Waals surface area contributed by atoms with Crippen LogP contribution in [0.1, 0.15) is 29.2 Å². The van der Waals surface area contributed by atoms with Crippen molar-refractivity contribution >= 4 is 27.5 Å². The van der Waals surface area contributed by atoms with Crippen molar-refractivity contribution in [2.24, 2.45) is 0 Å². The molecule has 0 aliphatic rings. The van der Waals surface area contributed by atoms with E-state index in [0.717, 1.165) is 26.6 Å². The van der Waals surface area contributed by atoms with E-state index < -0.39 is 28.5 Å². The zero-order valence-corrected chi connectivity index (χ0v) is 26.4. The van der Waals surface area contributed by atoms with Crippen molar-refractivity contribution < 1.29 is 22.7 Å². The maximum absolute atomic E-state index is 14.4. The van der Waals surface area contributed by atoms with Crippen molar-refractivity contribution in [2.75, 3.05) is 24.5 Å². The highest BCUT2D eigenvalue weighted by atomic mass is 32.2. The number of anilines is 1. The van der Waals surface area contributed by atoms with Gasteiger partial charge in [0.25, 0.3) is 10.0 Å². The van der Waals surface area contributed by atoms with Gasteiger partial charge >= 0.3 is 0 Å². The summed E-state index contributed by atoms with van der Waals surface area (Å²) in [5, 5.41) is 2.70. The zero-order valence-electron chi connectivity index (χ0n) is 25.6. The van der Waals surface area contributed by atoms with Crippen LogP contribution in [-0.2, 0) is 32.6 Å². The van der Waals surface area contributed by atoms with Crippen LogP contribution in [0.15, 0.2) is 108 Å². The van der Waals surface area contributed by atoms with Gasteiger partial charge < -0.3 is 15.0 Å². The van der Waals surface area contributed by atoms with E-state index in [1.54, 1.807) is 36.4 Å². The SMILES string of the molecule is CCOc1ccc(S(=O)(=O)N(CC(=O)N(Cc2ccc(C)cc2)[C@@H](Cc2ccccc2)C(=O)NC)c2ccc(C)cc2)cc1. The number of carbonyl (C=O) groups is 2. The molecule has 0 radical (unpaired) electrons. The number of carbonyl (C=O) groups excluding carboxylic acids is 2. The number of benzene rings is 4. The number of hydrogen-bond acceptors (Lipinski definition) is 5. The third kappa shape index (κ3) is 8.05. The maximum Gasteiger partial charge on any atom is 0.264 e. The molecule has 0 saturated heterocycles. The predicted molar refractivity (Wildman–Crippen MR) is 173 cm³/mol. The zero-order chi connectivity index (χ0) is 31.7. The average Bonchev–Trinajstić information content (AvgIpc) is 3.03. The van der Waals surface area contributed by atoms with Crippen LogP contribution in [-0.4, -0.2) is 51.4 Å². The number of likely N-dealkylation sites (N-methyl/N-ethyl adjacent to an activating group) is 1. The fraction of sp³-hybridized carbons (Fsp3) is 0.257. The Bertz CT molecular complexity index is 1640. The van der Waals surface area contributed by atoms with Gasteiger partial charge in [0, 0.05) is 20.0 Å². The summed E-state index contributed by atoms with van der Waals surface area (Å²) in [6.45, 7) is 5.79. The fourth-order valence-electron chi connectivity index (χ4n) is 4.85. The van der Waals surface area contributed by atoms with Crippen molar-refractivity contribution in [2.45, 2.75) is 44.7 Å². The molecule has 0 bridgehead atoms. The summed E-state index contributed by atoms with van der Waals surface area (Å²) in [6.07, 6.45) is 0.258. The average molecular weight is 614 g/mol. The first kappa shape index (κ1) is 32.3. The number of nitrogens with one attached hydrogen (secondary N) is 1. The summed E-state index contributed by atoms with van der Waals surface area (Å²) in [5.74, 6) is -0.307. The Hall–Kier alpha value is -4.63. The quantitative estimate of drug-likeness (QED) is 0.221. The summed E-state index contributed by atoms with van der Waals surface area (Å²) in [4.78, 5) is 29.2. The highest BCUT2D eigenvalue weighted by molar-refractivity contribution is 7.92. The summed E-state index contributed by atoms with van der Waals surface area (Å²) < 4.78 is 34.9. The maximum atomic E-state index is 14.4.